The highest BCUT2D eigenvalue weighted by molar-refractivity contribution is 6.30. The molecular weight excluding hydrogens is 414 g/mol. The van der Waals surface area contributed by atoms with Crippen LogP contribution < -0.4 is 9.64 Å². The van der Waals surface area contributed by atoms with Crippen molar-refractivity contribution >= 4 is 23.3 Å². The number of ether oxygens (including phenoxy) is 2. The molecule has 0 atom stereocenters. The standard InChI is InChI=1S/C25H26ClNO4/c26-22-9-11-23(12-10-22)27(16-18-30-19-20-5-2-1-3-6-20)15-4-17-31-24-13-7-21(8-14-24)25(28)29/h1-3,5-14H,4,15-19H2,(H,28,29). The number of nitrogens with zero attached hydrogens (tertiary/aromatic N) is 1. The first-order valence-corrected chi connectivity index (χ1v) is 10.6. The van der Waals surface area contributed by atoms with E-state index in [-0.39, 0.29) is 5.56 Å². The Morgan fingerprint density at radius 1 is 0.871 bits per heavy atom. The molecule has 0 fully saturated rings. The fourth-order valence-electron chi connectivity index (χ4n) is 3.10. The quantitative estimate of drug-likeness (QED) is 0.376. The molecule has 0 aromatic heterocycles. The summed E-state index contributed by atoms with van der Waals surface area (Å²) >= 11 is 6.04. The molecule has 162 valence electrons. The number of anilines is 1. The average Bonchev–Trinajstić information content (AvgIpc) is 2.79. The number of carbonyl (C=O) groups is 1. The first-order chi connectivity index (χ1) is 15.1. The van der Waals surface area contributed by atoms with Gasteiger partial charge in [-0.15, -0.1) is 0 Å². The van der Waals surface area contributed by atoms with E-state index in [0.717, 1.165) is 30.8 Å². The van der Waals surface area contributed by atoms with Crippen LogP contribution >= 0.6 is 11.6 Å². The van der Waals surface area contributed by atoms with Crippen LogP contribution in [-0.4, -0.2) is 37.4 Å². The van der Waals surface area contributed by atoms with E-state index in [1.165, 1.54) is 0 Å². The molecule has 3 rings (SSSR count). The number of benzene rings is 3. The Morgan fingerprint density at radius 3 is 2.26 bits per heavy atom. The summed E-state index contributed by atoms with van der Waals surface area (Å²) < 4.78 is 11.6. The van der Waals surface area contributed by atoms with Crippen molar-refractivity contribution in [3.63, 3.8) is 0 Å². The number of carboxylic acid groups (broad SMARTS) is 1. The zero-order chi connectivity index (χ0) is 21.9. The van der Waals surface area contributed by atoms with Crippen LogP contribution in [0.2, 0.25) is 5.02 Å². The highest BCUT2D eigenvalue weighted by atomic mass is 35.5. The molecule has 6 heteroatoms. The third kappa shape index (κ3) is 7.63. The first kappa shape index (κ1) is 22.7. The van der Waals surface area contributed by atoms with Gasteiger partial charge in [-0.25, -0.2) is 4.79 Å². The molecule has 0 saturated heterocycles. The molecule has 3 aromatic carbocycles. The van der Waals surface area contributed by atoms with Gasteiger partial charge in [-0.2, -0.15) is 0 Å². The first-order valence-electron chi connectivity index (χ1n) is 10.2. The summed E-state index contributed by atoms with van der Waals surface area (Å²) in [6.45, 7) is 3.27. The van der Waals surface area contributed by atoms with Crippen molar-refractivity contribution in [3.8, 4) is 5.75 Å². The Labute approximate surface area is 187 Å². The Morgan fingerprint density at radius 2 is 1.58 bits per heavy atom. The van der Waals surface area contributed by atoms with Crippen LogP contribution in [0.4, 0.5) is 5.69 Å². The molecule has 0 saturated carbocycles. The summed E-state index contributed by atoms with van der Waals surface area (Å²) in [6, 6.07) is 24.3. The minimum Gasteiger partial charge on any atom is -0.494 e. The van der Waals surface area contributed by atoms with Gasteiger partial charge in [-0.1, -0.05) is 41.9 Å². The van der Waals surface area contributed by atoms with Gasteiger partial charge in [-0.3, -0.25) is 0 Å². The van der Waals surface area contributed by atoms with E-state index in [1.807, 2.05) is 42.5 Å². The summed E-state index contributed by atoms with van der Waals surface area (Å²) in [6.07, 6.45) is 0.808. The van der Waals surface area contributed by atoms with Crippen molar-refractivity contribution in [3.05, 3.63) is 95.0 Å². The van der Waals surface area contributed by atoms with Crippen molar-refractivity contribution in [1.29, 1.82) is 0 Å². The maximum atomic E-state index is 10.9. The second-order valence-corrected chi connectivity index (χ2v) is 7.47. The minimum absolute atomic E-state index is 0.247. The van der Waals surface area contributed by atoms with Crippen molar-refractivity contribution in [2.45, 2.75) is 13.0 Å². The Balaban J connectivity index is 1.48. The number of carboxylic acids is 1. The zero-order valence-electron chi connectivity index (χ0n) is 17.2. The molecule has 0 radical (unpaired) electrons. The van der Waals surface area contributed by atoms with Crippen LogP contribution in [0.5, 0.6) is 5.75 Å². The van der Waals surface area contributed by atoms with Gasteiger partial charge in [0.1, 0.15) is 5.75 Å². The van der Waals surface area contributed by atoms with Crippen LogP contribution in [-0.2, 0) is 11.3 Å². The Bertz CT molecular complexity index is 930. The normalized spacial score (nSPS) is 10.6. The van der Waals surface area contributed by atoms with Crippen molar-refractivity contribution in [1.82, 2.24) is 0 Å². The van der Waals surface area contributed by atoms with Crippen LogP contribution in [0.25, 0.3) is 0 Å². The molecule has 0 unspecified atom stereocenters. The van der Waals surface area contributed by atoms with Gasteiger partial charge < -0.3 is 19.5 Å². The molecule has 0 amide bonds. The highest BCUT2D eigenvalue weighted by Crippen LogP contribution is 2.19. The second kappa shape index (κ2) is 12.0. The third-order valence-corrected chi connectivity index (χ3v) is 5.00. The largest absolute Gasteiger partial charge is 0.494 e. The lowest BCUT2D eigenvalue weighted by atomic mass is 10.2. The predicted octanol–water partition coefficient (Wildman–Crippen LogP) is 5.53. The van der Waals surface area contributed by atoms with Crippen LogP contribution in [0, 0.1) is 0 Å². The summed E-state index contributed by atoms with van der Waals surface area (Å²) in [4.78, 5) is 13.2. The number of aromatic carboxylic acids is 1. The average molecular weight is 440 g/mol. The monoisotopic (exact) mass is 439 g/mol. The van der Waals surface area contributed by atoms with Gasteiger partial charge >= 0.3 is 5.97 Å². The van der Waals surface area contributed by atoms with E-state index in [2.05, 4.69) is 17.0 Å². The summed E-state index contributed by atoms with van der Waals surface area (Å²) in [7, 11) is 0. The van der Waals surface area contributed by atoms with Crippen LogP contribution in [0.1, 0.15) is 22.3 Å². The van der Waals surface area contributed by atoms with E-state index < -0.39 is 5.97 Å². The fraction of sp³-hybridized carbons (Fsp3) is 0.240. The Hall–Kier alpha value is -3.02. The Kier molecular flexibility index (Phi) is 8.76. The van der Waals surface area contributed by atoms with Crippen molar-refractivity contribution in [2.75, 3.05) is 31.2 Å². The smallest absolute Gasteiger partial charge is 0.335 e. The SMILES string of the molecule is O=C(O)c1ccc(OCCCN(CCOCc2ccccc2)c2ccc(Cl)cc2)cc1. The number of halogens is 1. The van der Waals surface area contributed by atoms with Crippen LogP contribution in [0.15, 0.2) is 78.9 Å². The molecule has 1 N–H and O–H groups in total. The van der Waals surface area contributed by atoms with Gasteiger partial charge in [0, 0.05) is 23.8 Å². The maximum Gasteiger partial charge on any atom is 0.335 e. The van der Waals surface area contributed by atoms with E-state index in [9.17, 15) is 4.79 Å². The minimum atomic E-state index is -0.945. The third-order valence-electron chi connectivity index (χ3n) is 4.75. The fourth-order valence-corrected chi connectivity index (χ4v) is 3.23. The topological polar surface area (TPSA) is 59.0 Å². The summed E-state index contributed by atoms with van der Waals surface area (Å²) in [5, 5.41) is 9.67. The van der Waals surface area contributed by atoms with Gasteiger partial charge in [0.05, 0.1) is 25.4 Å². The van der Waals surface area contributed by atoms with E-state index in [0.29, 0.717) is 30.6 Å². The van der Waals surface area contributed by atoms with Gasteiger partial charge in [-0.05, 0) is 60.5 Å². The molecule has 5 nitrogen and oxygen atoms in total. The lowest BCUT2D eigenvalue weighted by molar-refractivity contribution is 0.0697. The second-order valence-electron chi connectivity index (χ2n) is 7.03. The molecule has 0 spiro atoms. The lowest BCUT2D eigenvalue weighted by Crippen LogP contribution is -2.29. The molecule has 31 heavy (non-hydrogen) atoms. The van der Waals surface area contributed by atoms with E-state index in [4.69, 9.17) is 26.2 Å². The molecule has 0 aliphatic carbocycles. The summed E-state index contributed by atoms with van der Waals surface area (Å²) in [5.41, 5.74) is 2.48. The molecular formula is C25H26ClNO4. The maximum absolute atomic E-state index is 10.9. The molecule has 0 heterocycles. The van der Waals surface area contributed by atoms with Crippen molar-refractivity contribution < 1.29 is 19.4 Å². The number of hydrogen-bond donors (Lipinski definition) is 1. The van der Waals surface area contributed by atoms with Gasteiger partial charge in [0.25, 0.3) is 0 Å². The molecule has 3 aromatic rings. The molecule has 0 aliphatic heterocycles. The lowest BCUT2D eigenvalue weighted by Gasteiger charge is -2.25. The summed E-state index contributed by atoms with van der Waals surface area (Å²) in [5.74, 6) is -0.283. The van der Waals surface area contributed by atoms with Crippen LogP contribution in [0.3, 0.4) is 0 Å². The van der Waals surface area contributed by atoms with E-state index in [1.54, 1.807) is 24.3 Å². The molecule has 0 bridgehead atoms. The molecule has 0 aliphatic rings. The highest BCUT2D eigenvalue weighted by Gasteiger charge is 2.08. The van der Waals surface area contributed by atoms with E-state index >= 15 is 0 Å². The number of hydrogen-bond acceptors (Lipinski definition) is 4. The zero-order valence-corrected chi connectivity index (χ0v) is 18.0. The number of rotatable bonds is 12. The van der Waals surface area contributed by atoms with Gasteiger partial charge in [0.15, 0.2) is 0 Å². The predicted molar refractivity (Wildman–Crippen MR) is 123 cm³/mol. The van der Waals surface area contributed by atoms with Gasteiger partial charge in [0.2, 0.25) is 0 Å². The van der Waals surface area contributed by atoms with Crippen molar-refractivity contribution in [2.24, 2.45) is 0 Å².